The number of rotatable bonds is 3. The lowest BCUT2D eigenvalue weighted by atomic mass is 9.81. The summed E-state index contributed by atoms with van der Waals surface area (Å²) in [6.45, 7) is 12.5. The van der Waals surface area contributed by atoms with Gasteiger partial charge in [-0.05, 0) is 25.7 Å². The van der Waals surface area contributed by atoms with E-state index in [1.807, 2.05) is 0 Å². The minimum Gasteiger partial charge on any atom is -0.351 e. The minimum absolute atomic E-state index is 0.106. The van der Waals surface area contributed by atoms with Gasteiger partial charge in [0, 0.05) is 18.6 Å². The van der Waals surface area contributed by atoms with E-state index in [2.05, 4.69) is 45.3 Å². The van der Waals surface area contributed by atoms with E-state index in [1.165, 1.54) is 0 Å². The molecule has 1 aliphatic heterocycles. The summed E-state index contributed by atoms with van der Waals surface area (Å²) in [4.78, 5) is 11.8. The van der Waals surface area contributed by atoms with Gasteiger partial charge in [-0.1, -0.05) is 20.8 Å². The Hall–Kier alpha value is -0.570. The van der Waals surface area contributed by atoms with Crippen LogP contribution in [0.25, 0.3) is 0 Å². The van der Waals surface area contributed by atoms with E-state index in [0.717, 1.165) is 19.5 Å². The fourth-order valence-electron chi connectivity index (χ4n) is 2.28. The molecule has 1 heterocycles. The molecule has 2 N–H and O–H groups in total. The van der Waals surface area contributed by atoms with Crippen LogP contribution in [0, 0.1) is 11.3 Å². The van der Waals surface area contributed by atoms with Crippen LogP contribution in [0.3, 0.4) is 0 Å². The van der Waals surface area contributed by atoms with Crippen molar-refractivity contribution in [1.29, 1.82) is 0 Å². The first-order valence-electron chi connectivity index (χ1n) is 5.72. The lowest BCUT2D eigenvalue weighted by Crippen LogP contribution is -2.56. The van der Waals surface area contributed by atoms with Crippen LogP contribution in [0.2, 0.25) is 0 Å². The molecule has 0 aromatic carbocycles. The molecular weight excluding hydrogens is 188 g/mol. The highest BCUT2D eigenvalue weighted by Crippen LogP contribution is 2.27. The van der Waals surface area contributed by atoms with Crippen molar-refractivity contribution >= 4 is 5.91 Å². The third-order valence-electron chi connectivity index (χ3n) is 2.59. The highest BCUT2D eigenvalue weighted by Gasteiger charge is 2.31. The molecule has 3 heteroatoms. The fraction of sp³-hybridized carbons (Fsp3) is 0.917. The van der Waals surface area contributed by atoms with E-state index in [4.69, 9.17) is 0 Å². The molecule has 0 aromatic rings. The molecule has 1 saturated heterocycles. The number of hydrogen-bond donors (Lipinski definition) is 2. The Morgan fingerprint density at radius 1 is 1.27 bits per heavy atom. The summed E-state index contributed by atoms with van der Waals surface area (Å²) in [6.07, 6.45) is 0.992. The molecule has 1 fully saturated rings. The molecule has 0 unspecified atom stereocenters. The van der Waals surface area contributed by atoms with Gasteiger partial charge in [-0.15, -0.1) is 0 Å². The summed E-state index contributed by atoms with van der Waals surface area (Å²) in [6, 6.07) is 0. The summed E-state index contributed by atoms with van der Waals surface area (Å²) in [5, 5.41) is 6.25. The molecule has 0 spiro atoms. The van der Waals surface area contributed by atoms with Crippen LogP contribution in [0.15, 0.2) is 0 Å². The van der Waals surface area contributed by atoms with Gasteiger partial charge >= 0.3 is 0 Å². The SMILES string of the molecule is CC(C)(C)CC(C)(C)NC(=O)C1CNC1. The number of carbonyl (C=O) groups is 1. The second kappa shape index (κ2) is 4.12. The number of amides is 1. The predicted molar refractivity (Wildman–Crippen MR) is 62.7 cm³/mol. The second-order valence-electron chi connectivity index (χ2n) is 6.47. The van der Waals surface area contributed by atoms with Gasteiger partial charge in [0.1, 0.15) is 0 Å². The molecule has 0 bridgehead atoms. The van der Waals surface area contributed by atoms with E-state index in [-0.39, 0.29) is 22.8 Å². The van der Waals surface area contributed by atoms with Gasteiger partial charge in [0.2, 0.25) is 5.91 Å². The molecule has 0 aromatic heterocycles. The normalized spacial score (nSPS) is 18.5. The van der Waals surface area contributed by atoms with Crippen molar-refractivity contribution in [3.8, 4) is 0 Å². The third kappa shape index (κ3) is 4.20. The zero-order valence-corrected chi connectivity index (χ0v) is 10.6. The van der Waals surface area contributed by atoms with Crippen molar-refractivity contribution in [3.05, 3.63) is 0 Å². The standard InChI is InChI=1S/C12H24N2O/c1-11(2,3)8-12(4,5)14-10(15)9-6-13-7-9/h9,13H,6-8H2,1-5H3,(H,14,15). The molecule has 1 rings (SSSR count). The van der Waals surface area contributed by atoms with Crippen LogP contribution in [-0.4, -0.2) is 24.5 Å². The largest absolute Gasteiger partial charge is 0.351 e. The molecule has 0 saturated carbocycles. The van der Waals surface area contributed by atoms with Crippen molar-refractivity contribution in [2.24, 2.45) is 11.3 Å². The van der Waals surface area contributed by atoms with Gasteiger partial charge < -0.3 is 10.6 Å². The maximum Gasteiger partial charge on any atom is 0.226 e. The molecule has 0 atom stereocenters. The van der Waals surface area contributed by atoms with Crippen LogP contribution in [0.1, 0.15) is 41.0 Å². The average Bonchev–Trinajstić information content (AvgIpc) is 1.71. The number of carbonyl (C=O) groups excluding carboxylic acids is 1. The lowest BCUT2D eigenvalue weighted by Gasteiger charge is -2.36. The highest BCUT2D eigenvalue weighted by molar-refractivity contribution is 5.80. The molecule has 88 valence electrons. The van der Waals surface area contributed by atoms with Crippen LogP contribution in [0.5, 0.6) is 0 Å². The van der Waals surface area contributed by atoms with Crippen LogP contribution < -0.4 is 10.6 Å². The van der Waals surface area contributed by atoms with Crippen molar-refractivity contribution in [2.45, 2.75) is 46.6 Å². The fourth-order valence-corrected chi connectivity index (χ4v) is 2.28. The van der Waals surface area contributed by atoms with Gasteiger partial charge in [-0.2, -0.15) is 0 Å². The second-order valence-corrected chi connectivity index (χ2v) is 6.47. The molecule has 0 aliphatic carbocycles. The summed E-state index contributed by atoms with van der Waals surface area (Å²) < 4.78 is 0. The minimum atomic E-state index is -0.106. The zero-order valence-electron chi connectivity index (χ0n) is 10.6. The van der Waals surface area contributed by atoms with Gasteiger partial charge in [-0.25, -0.2) is 0 Å². The topological polar surface area (TPSA) is 41.1 Å². The van der Waals surface area contributed by atoms with Gasteiger partial charge in [0.25, 0.3) is 0 Å². The van der Waals surface area contributed by atoms with Crippen LogP contribution >= 0.6 is 0 Å². The van der Waals surface area contributed by atoms with E-state index < -0.39 is 0 Å². The van der Waals surface area contributed by atoms with Crippen LogP contribution in [-0.2, 0) is 4.79 Å². The Kier molecular flexibility index (Phi) is 3.44. The Morgan fingerprint density at radius 3 is 2.13 bits per heavy atom. The number of nitrogens with one attached hydrogen (secondary N) is 2. The summed E-state index contributed by atoms with van der Waals surface area (Å²) in [5.41, 5.74) is 0.138. The van der Waals surface area contributed by atoms with Crippen molar-refractivity contribution in [1.82, 2.24) is 10.6 Å². The van der Waals surface area contributed by atoms with Gasteiger partial charge in [-0.3, -0.25) is 4.79 Å². The Labute approximate surface area is 93.0 Å². The molecular formula is C12H24N2O. The monoisotopic (exact) mass is 212 g/mol. The number of hydrogen-bond acceptors (Lipinski definition) is 2. The molecule has 1 amide bonds. The summed E-state index contributed by atoms with van der Waals surface area (Å²) >= 11 is 0. The summed E-state index contributed by atoms with van der Waals surface area (Å²) in [7, 11) is 0. The van der Waals surface area contributed by atoms with Crippen molar-refractivity contribution < 1.29 is 4.79 Å². The highest BCUT2D eigenvalue weighted by atomic mass is 16.2. The van der Waals surface area contributed by atoms with Crippen LogP contribution in [0.4, 0.5) is 0 Å². The van der Waals surface area contributed by atoms with Gasteiger partial charge in [0.05, 0.1) is 5.92 Å². The van der Waals surface area contributed by atoms with Crippen molar-refractivity contribution in [3.63, 3.8) is 0 Å². The first kappa shape index (κ1) is 12.5. The Balaban J connectivity index is 2.44. The predicted octanol–water partition coefficient (Wildman–Crippen LogP) is 1.54. The van der Waals surface area contributed by atoms with E-state index in [0.29, 0.717) is 0 Å². The maximum absolute atomic E-state index is 11.8. The van der Waals surface area contributed by atoms with E-state index in [9.17, 15) is 4.79 Å². The Bertz CT molecular complexity index is 236. The zero-order chi connectivity index (χ0) is 11.7. The molecule has 1 aliphatic rings. The van der Waals surface area contributed by atoms with E-state index in [1.54, 1.807) is 0 Å². The van der Waals surface area contributed by atoms with Gasteiger partial charge in [0.15, 0.2) is 0 Å². The lowest BCUT2D eigenvalue weighted by molar-refractivity contribution is -0.128. The molecule has 3 nitrogen and oxygen atoms in total. The first-order chi connectivity index (χ1) is 6.70. The van der Waals surface area contributed by atoms with Crippen molar-refractivity contribution in [2.75, 3.05) is 13.1 Å². The van der Waals surface area contributed by atoms with E-state index >= 15 is 0 Å². The smallest absolute Gasteiger partial charge is 0.226 e. The Morgan fingerprint density at radius 2 is 1.80 bits per heavy atom. The quantitative estimate of drug-likeness (QED) is 0.745. The first-order valence-corrected chi connectivity index (χ1v) is 5.72. The molecule has 15 heavy (non-hydrogen) atoms. The summed E-state index contributed by atoms with van der Waals surface area (Å²) in [5.74, 6) is 0.382. The average molecular weight is 212 g/mol. The molecule has 0 radical (unpaired) electrons. The third-order valence-corrected chi connectivity index (χ3v) is 2.59. The maximum atomic E-state index is 11.8.